The summed E-state index contributed by atoms with van der Waals surface area (Å²) in [5.41, 5.74) is 6.17. The molecule has 21 heteroatoms. The van der Waals surface area contributed by atoms with E-state index in [-0.39, 0.29) is 122 Å². The molecule has 0 aromatic heterocycles. The molecule has 0 radical (unpaired) electrons. The second-order valence-corrected chi connectivity index (χ2v) is 23.2. The zero-order valence-electron chi connectivity index (χ0n) is 37.8. The predicted octanol–water partition coefficient (Wildman–Crippen LogP) is 7.41. The van der Waals surface area contributed by atoms with Gasteiger partial charge in [0.2, 0.25) is 10.9 Å². The Hall–Kier alpha value is -1.96. The number of carbonyl (C=O) groups excluding carboxylic acids is 2. The summed E-state index contributed by atoms with van der Waals surface area (Å²) in [4.78, 5) is 48.5. The Kier molecular flexibility index (Phi) is 21.4. The summed E-state index contributed by atoms with van der Waals surface area (Å²) < 4.78 is 21.4. The van der Waals surface area contributed by atoms with Crippen LogP contribution < -0.4 is 90.0 Å². The number of aromatic carboxylic acids is 2. The summed E-state index contributed by atoms with van der Waals surface area (Å²) in [6, 6.07) is 39.5. The van der Waals surface area contributed by atoms with E-state index >= 15 is 0 Å². The molecule has 11 nitrogen and oxygen atoms in total. The molecule has 0 spiro atoms. The summed E-state index contributed by atoms with van der Waals surface area (Å²) >= 11 is 21.3. The van der Waals surface area contributed by atoms with Gasteiger partial charge in [-0.2, -0.15) is 6.07 Å². The van der Waals surface area contributed by atoms with Gasteiger partial charge < -0.3 is 44.0 Å². The minimum absolute atomic E-state index is 0. The van der Waals surface area contributed by atoms with Crippen molar-refractivity contribution in [3.63, 3.8) is 0 Å². The number of carbonyl (C=O) groups is 2. The Bertz CT molecular complexity index is 3840. The zero-order valence-corrected chi connectivity index (χ0v) is 56.8. The van der Waals surface area contributed by atoms with Crippen molar-refractivity contribution in [1.82, 2.24) is 0 Å². The van der Waals surface area contributed by atoms with E-state index in [1.54, 1.807) is 54.6 Å². The molecule has 0 unspecified atom stereocenters. The Morgan fingerprint density at radius 3 is 1.61 bits per heavy atom. The molecule has 3 heterocycles. The van der Waals surface area contributed by atoms with Gasteiger partial charge in [-0.1, -0.05) is 164 Å². The van der Waals surface area contributed by atoms with E-state index in [9.17, 15) is 34.5 Å². The Morgan fingerprint density at radius 1 is 0.568 bits per heavy atom. The first kappa shape index (κ1) is 61.3. The minimum atomic E-state index is -1.35. The van der Waals surface area contributed by atoms with Crippen LogP contribution in [-0.2, 0) is 6.42 Å². The summed E-state index contributed by atoms with van der Waals surface area (Å²) in [6.45, 7) is 0. The number of ether oxygens (including phenoxy) is 1. The van der Waals surface area contributed by atoms with Crippen molar-refractivity contribution in [3.05, 3.63) is 202 Å². The summed E-state index contributed by atoms with van der Waals surface area (Å²) in [7, 11) is 0. The van der Waals surface area contributed by atoms with E-state index in [0.29, 0.717) is 57.3 Å². The number of hydrogen-bond acceptors (Lipinski definition) is 11. The third kappa shape index (κ3) is 12.1. The Morgan fingerprint density at radius 2 is 1.05 bits per heavy atom. The van der Waals surface area contributed by atoms with E-state index < -0.39 is 11.9 Å². The SMILES string of the molecule is O=C([O-])c1ccccc1-c1c2cc(Br)c(=O)c(Br)c-2oc2c(Br)c([O-])c(Br)cc12.O=C([O-])c1ccccc1-c1c2cc(I)c(=O)c(I)c-2oc2c(I)[c-]c(I)cc12.[Na+].[Na+].[OH-].c1ccc2c(c1)Cc1ccccc1O2. The van der Waals surface area contributed by atoms with Gasteiger partial charge in [-0.15, -0.1) is 6.07 Å². The molecule has 5 aliphatic rings. The van der Waals surface area contributed by atoms with Crippen molar-refractivity contribution in [2.24, 2.45) is 0 Å². The van der Waals surface area contributed by atoms with Gasteiger partial charge >= 0.3 is 59.1 Å². The van der Waals surface area contributed by atoms with Gasteiger partial charge in [-0.25, -0.2) is 0 Å². The number of halogens is 8. The van der Waals surface area contributed by atoms with Crippen molar-refractivity contribution in [2.45, 2.75) is 6.42 Å². The Balaban J connectivity index is 0.000000186. The third-order valence-corrected chi connectivity index (χ3v) is 16.9. The predicted molar refractivity (Wildman–Crippen MR) is 315 cm³/mol. The fourth-order valence-corrected chi connectivity index (χ4v) is 14.0. The van der Waals surface area contributed by atoms with E-state index in [4.69, 9.17) is 13.6 Å². The van der Waals surface area contributed by atoms with Gasteiger partial charge in [0.1, 0.15) is 30.9 Å². The second-order valence-electron chi connectivity index (χ2n) is 15.4. The van der Waals surface area contributed by atoms with Crippen molar-refractivity contribution in [1.29, 1.82) is 0 Å². The number of carboxylic acids is 2. The van der Waals surface area contributed by atoms with E-state index in [2.05, 4.69) is 139 Å². The minimum Gasteiger partial charge on any atom is -0.871 e. The van der Waals surface area contributed by atoms with Crippen molar-refractivity contribution in [2.75, 3.05) is 0 Å². The maximum absolute atomic E-state index is 12.5. The molecule has 1 N–H and O–H groups in total. The third-order valence-electron chi connectivity index (χ3n) is 11.2. The number of para-hydroxylation sites is 2. The molecule has 6 aromatic carbocycles. The van der Waals surface area contributed by atoms with Crippen LogP contribution in [-0.4, -0.2) is 17.4 Å². The average molecular weight is 1710 g/mol. The van der Waals surface area contributed by atoms with Gasteiger partial charge in [-0.3, -0.25) is 9.59 Å². The van der Waals surface area contributed by atoms with Crippen LogP contribution in [0.3, 0.4) is 0 Å². The van der Waals surface area contributed by atoms with Crippen molar-refractivity contribution in [3.8, 4) is 62.1 Å². The topological polar surface area (TPSA) is 203 Å². The van der Waals surface area contributed by atoms with E-state index in [1.807, 2.05) is 75.5 Å². The van der Waals surface area contributed by atoms with E-state index in [0.717, 1.165) is 30.4 Å². The number of rotatable bonds is 4. The van der Waals surface area contributed by atoms with Crippen molar-refractivity contribution >= 4 is 188 Å². The first-order valence-electron chi connectivity index (χ1n) is 20.5. The van der Waals surface area contributed by atoms with Crippen molar-refractivity contribution < 1.29 is 103 Å². The monoisotopic (exact) mass is 1700 g/mol. The van der Waals surface area contributed by atoms with Crippen LogP contribution in [0.1, 0.15) is 31.8 Å². The van der Waals surface area contributed by atoms with Gasteiger partial charge in [0.05, 0.1) is 24.5 Å². The number of hydrogen-bond donors (Lipinski definition) is 0. The van der Waals surface area contributed by atoms with Crippen LogP contribution in [0.5, 0.6) is 17.2 Å². The normalized spacial score (nSPS) is 11.1. The number of benzene rings is 8. The molecule has 0 amide bonds. The molecule has 74 heavy (non-hydrogen) atoms. The molecular weight excluding hydrogens is 1690 g/mol. The van der Waals surface area contributed by atoms with Crippen LogP contribution in [0.4, 0.5) is 0 Å². The molecule has 0 atom stereocenters. The first-order chi connectivity index (χ1) is 33.9. The van der Waals surface area contributed by atoms with E-state index in [1.165, 1.54) is 23.3 Å². The van der Waals surface area contributed by atoms with Gasteiger partial charge in [0.15, 0.2) is 5.76 Å². The molecule has 0 saturated heterocycles. The smallest absolute Gasteiger partial charge is 0.871 e. The van der Waals surface area contributed by atoms with Crippen LogP contribution in [0, 0.1) is 20.3 Å². The maximum Gasteiger partial charge on any atom is 1.00 e. The second kappa shape index (κ2) is 25.9. The molecule has 0 fully saturated rings. The maximum atomic E-state index is 12.5. The number of carboxylic acid groups (broad SMARTS) is 2. The van der Waals surface area contributed by atoms with Gasteiger partial charge in [-0.05, 0) is 151 Å². The largest absolute Gasteiger partial charge is 1.00 e. The fourth-order valence-electron chi connectivity index (χ4n) is 8.06. The van der Waals surface area contributed by atoms with Gasteiger partial charge in [0, 0.05) is 49.7 Å². The standard InChI is InChI=1S/C20H8Br4O5.C20H7I4O4.C13H10O.2Na.H2O/c21-11-5-9-13(7-3-1-2-4-8(7)20(27)28)10-6-12(22)17(26)15(24)19(10)29-18(9)14(23)16(11)25;21-8-5-11-15(9-3-1-2-4-10(9)20(26)27)12-7-13(22)17(25)16(24)19(12)28-18(11)14(23)6-8;1-3-7-12-10(5-1)9-11-6-2-4-8-13(11)14-12;;;/h1-6,25H,(H,27,28);1-5,7H,(H,26,27);1-8H,9H2;;;1H2/q;-1;;2*+1;/p-4. The molecule has 6 aromatic rings. The summed E-state index contributed by atoms with van der Waals surface area (Å²) in [5, 5.41) is 37.2. The molecular formula is C53H23Br4I4Na2O11-3. The fraction of sp³-hybridized carbons (Fsp3) is 0.0189. The molecule has 0 saturated carbocycles. The molecule has 2 aliphatic carbocycles. The molecule has 3 aliphatic heterocycles. The Labute approximate surface area is 553 Å². The van der Waals surface area contributed by atoms with Crippen LogP contribution in [0.2, 0.25) is 0 Å². The van der Waals surface area contributed by atoms with Crippen LogP contribution >= 0.6 is 154 Å². The quantitative estimate of drug-likeness (QED) is 0.0735. The first-order valence-corrected chi connectivity index (χ1v) is 28.0. The van der Waals surface area contributed by atoms with Gasteiger partial charge in [0.25, 0.3) is 0 Å². The molecule has 0 bridgehead atoms. The summed E-state index contributed by atoms with van der Waals surface area (Å²) in [6.07, 6.45) is 0.979. The summed E-state index contributed by atoms with van der Waals surface area (Å²) in [5.74, 6) is -0.326. The van der Waals surface area contributed by atoms with Crippen LogP contribution in [0.25, 0.3) is 66.8 Å². The average Bonchev–Trinajstić information content (AvgIpc) is 3.35. The number of fused-ring (bicyclic) bond motifs is 6. The molecule has 362 valence electrons. The van der Waals surface area contributed by atoms with Crippen LogP contribution in [0.15, 0.2) is 158 Å². The zero-order chi connectivity index (χ0) is 50.6. The molecule has 11 rings (SSSR count).